The molecule has 96 valence electrons. The van der Waals surface area contributed by atoms with E-state index in [4.69, 9.17) is 0 Å². The van der Waals surface area contributed by atoms with Gasteiger partial charge in [-0.3, -0.25) is 4.98 Å². The van der Waals surface area contributed by atoms with E-state index in [9.17, 15) is 0 Å². The van der Waals surface area contributed by atoms with Gasteiger partial charge in [0.2, 0.25) is 0 Å². The highest BCUT2D eigenvalue weighted by molar-refractivity contribution is 7.11. The molecule has 0 aromatic carbocycles. The molecule has 4 heteroatoms. The van der Waals surface area contributed by atoms with E-state index in [-0.39, 0.29) is 0 Å². The van der Waals surface area contributed by atoms with Crippen LogP contribution < -0.4 is 5.32 Å². The van der Waals surface area contributed by atoms with E-state index in [0.29, 0.717) is 0 Å². The summed E-state index contributed by atoms with van der Waals surface area (Å²) in [6.07, 6.45) is 5.74. The van der Waals surface area contributed by atoms with Crippen LogP contribution in [0.3, 0.4) is 0 Å². The van der Waals surface area contributed by atoms with Crippen molar-refractivity contribution in [1.29, 1.82) is 0 Å². The molecular weight excluding hydrogens is 242 g/mol. The molecule has 1 N–H and O–H groups in total. The number of thiazole rings is 1. The van der Waals surface area contributed by atoms with Gasteiger partial charge in [0, 0.05) is 30.2 Å². The maximum absolute atomic E-state index is 4.64. The molecule has 0 bridgehead atoms. The lowest BCUT2D eigenvalue weighted by Crippen LogP contribution is -2.13. The molecule has 0 unspecified atom stereocenters. The average Bonchev–Trinajstić information content (AvgIpc) is 2.71. The van der Waals surface area contributed by atoms with Crippen LogP contribution in [0.2, 0.25) is 0 Å². The summed E-state index contributed by atoms with van der Waals surface area (Å²) >= 11 is 1.81. The zero-order valence-electron chi connectivity index (χ0n) is 10.9. The van der Waals surface area contributed by atoms with Crippen LogP contribution in [0, 0.1) is 6.92 Å². The van der Waals surface area contributed by atoms with Crippen molar-refractivity contribution in [3.05, 3.63) is 45.7 Å². The Balaban J connectivity index is 2.00. The van der Waals surface area contributed by atoms with E-state index < -0.39 is 0 Å². The highest BCUT2D eigenvalue weighted by Crippen LogP contribution is 2.20. The van der Waals surface area contributed by atoms with Gasteiger partial charge in [0.25, 0.3) is 0 Å². The third-order valence-corrected chi connectivity index (χ3v) is 3.91. The van der Waals surface area contributed by atoms with Gasteiger partial charge < -0.3 is 5.32 Å². The summed E-state index contributed by atoms with van der Waals surface area (Å²) in [5.74, 6) is 0. The molecule has 0 aliphatic rings. The van der Waals surface area contributed by atoms with Crippen molar-refractivity contribution in [2.45, 2.75) is 33.2 Å². The van der Waals surface area contributed by atoms with Gasteiger partial charge in [-0.15, -0.1) is 11.3 Å². The van der Waals surface area contributed by atoms with E-state index in [1.54, 1.807) is 0 Å². The molecule has 3 nitrogen and oxygen atoms in total. The highest BCUT2D eigenvalue weighted by atomic mass is 32.1. The van der Waals surface area contributed by atoms with E-state index >= 15 is 0 Å². The topological polar surface area (TPSA) is 37.8 Å². The largest absolute Gasteiger partial charge is 0.312 e. The maximum atomic E-state index is 4.64. The van der Waals surface area contributed by atoms with Crippen LogP contribution in [0.25, 0.3) is 0 Å². The number of hydrogen-bond donors (Lipinski definition) is 1. The predicted octanol–water partition coefficient (Wildman–Crippen LogP) is 2.94. The van der Waals surface area contributed by atoms with Crippen LogP contribution in [0.1, 0.15) is 34.5 Å². The van der Waals surface area contributed by atoms with Crippen molar-refractivity contribution in [2.75, 3.05) is 6.54 Å². The summed E-state index contributed by atoms with van der Waals surface area (Å²) < 4.78 is 0. The molecule has 0 saturated carbocycles. The minimum atomic E-state index is 0.905. The number of rotatable bonds is 6. The van der Waals surface area contributed by atoms with Crippen LogP contribution in [0.4, 0.5) is 0 Å². The number of pyridine rings is 1. The molecule has 0 fully saturated rings. The zero-order chi connectivity index (χ0) is 12.8. The van der Waals surface area contributed by atoms with E-state index in [1.807, 2.05) is 35.9 Å². The predicted molar refractivity (Wildman–Crippen MR) is 75.9 cm³/mol. The van der Waals surface area contributed by atoms with Gasteiger partial charge in [-0.25, -0.2) is 4.98 Å². The summed E-state index contributed by atoms with van der Waals surface area (Å²) in [4.78, 5) is 10.0. The summed E-state index contributed by atoms with van der Waals surface area (Å²) in [5.41, 5.74) is 2.43. The second-order valence-corrected chi connectivity index (χ2v) is 5.49. The third kappa shape index (κ3) is 3.62. The Kier molecular flexibility index (Phi) is 4.84. The van der Waals surface area contributed by atoms with Gasteiger partial charge in [0.15, 0.2) is 0 Å². The fourth-order valence-corrected chi connectivity index (χ4v) is 2.86. The molecule has 0 amide bonds. The minimum Gasteiger partial charge on any atom is -0.312 e. The fourth-order valence-electron chi connectivity index (χ4n) is 1.78. The highest BCUT2D eigenvalue weighted by Gasteiger charge is 2.07. The molecule has 0 radical (unpaired) electrons. The van der Waals surface area contributed by atoms with E-state index in [1.165, 1.54) is 21.9 Å². The molecule has 2 rings (SSSR count). The first-order valence-electron chi connectivity index (χ1n) is 6.34. The van der Waals surface area contributed by atoms with E-state index in [0.717, 1.165) is 25.2 Å². The first-order chi connectivity index (χ1) is 8.79. The summed E-state index contributed by atoms with van der Waals surface area (Å²) in [6, 6.07) is 4.09. The van der Waals surface area contributed by atoms with Gasteiger partial charge in [0.1, 0.15) is 0 Å². The number of nitrogens with one attached hydrogen (secondary N) is 1. The zero-order valence-corrected chi connectivity index (χ0v) is 11.8. The Hall–Kier alpha value is -1.26. The monoisotopic (exact) mass is 261 g/mol. The van der Waals surface area contributed by atoms with Crippen molar-refractivity contribution in [3.63, 3.8) is 0 Å². The molecule has 0 spiro atoms. The maximum Gasteiger partial charge on any atom is 0.0975 e. The SMILES string of the molecule is CCCNCc1sc(Cc2ccncc2)nc1C. The molecule has 2 heterocycles. The molecule has 0 saturated heterocycles. The third-order valence-electron chi connectivity index (χ3n) is 2.75. The summed E-state index contributed by atoms with van der Waals surface area (Å²) in [6.45, 7) is 6.28. The Labute approximate surface area is 112 Å². The number of aryl methyl sites for hydroxylation is 1. The van der Waals surface area contributed by atoms with Crippen molar-refractivity contribution in [2.24, 2.45) is 0 Å². The van der Waals surface area contributed by atoms with E-state index in [2.05, 4.69) is 29.1 Å². The van der Waals surface area contributed by atoms with Crippen LogP contribution in [-0.2, 0) is 13.0 Å². The minimum absolute atomic E-state index is 0.905. The lowest BCUT2D eigenvalue weighted by atomic mass is 10.2. The van der Waals surface area contributed by atoms with Crippen LogP contribution in [0.5, 0.6) is 0 Å². The van der Waals surface area contributed by atoms with Gasteiger partial charge >= 0.3 is 0 Å². The Morgan fingerprint density at radius 1 is 1.28 bits per heavy atom. The van der Waals surface area contributed by atoms with Gasteiger partial charge in [-0.05, 0) is 37.6 Å². The Morgan fingerprint density at radius 3 is 2.78 bits per heavy atom. The second-order valence-electron chi connectivity index (χ2n) is 4.33. The summed E-state index contributed by atoms with van der Waals surface area (Å²) in [7, 11) is 0. The Bertz CT molecular complexity index is 479. The van der Waals surface area contributed by atoms with Gasteiger partial charge in [0.05, 0.1) is 10.7 Å². The van der Waals surface area contributed by atoms with Crippen LogP contribution >= 0.6 is 11.3 Å². The Morgan fingerprint density at radius 2 is 2.06 bits per heavy atom. The molecule has 0 aliphatic heterocycles. The molecule has 2 aromatic heterocycles. The lowest BCUT2D eigenvalue weighted by Gasteiger charge is -1.99. The number of aromatic nitrogens is 2. The van der Waals surface area contributed by atoms with Crippen LogP contribution in [0.15, 0.2) is 24.5 Å². The normalized spacial score (nSPS) is 10.8. The molecule has 0 aliphatic carbocycles. The number of hydrogen-bond acceptors (Lipinski definition) is 4. The van der Waals surface area contributed by atoms with Crippen molar-refractivity contribution < 1.29 is 0 Å². The average molecular weight is 261 g/mol. The van der Waals surface area contributed by atoms with Crippen LogP contribution in [-0.4, -0.2) is 16.5 Å². The van der Waals surface area contributed by atoms with Crippen molar-refractivity contribution in [3.8, 4) is 0 Å². The summed E-state index contributed by atoms with van der Waals surface area (Å²) in [5, 5.41) is 4.62. The first-order valence-corrected chi connectivity index (χ1v) is 7.16. The molecule has 0 atom stereocenters. The molecular formula is C14H19N3S. The quantitative estimate of drug-likeness (QED) is 0.812. The van der Waals surface area contributed by atoms with Crippen molar-refractivity contribution >= 4 is 11.3 Å². The van der Waals surface area contributed by atoms with Crippen molar-refractivity contribution in [1.82, 2.24) is 15.3 Å². The number of nitrogens with zero attached hydrogens (tertiary/aromatic N) is 2. The fraction of sp³-hybridized carbons (Fsp3) is 0.429. The lowest BCUT2D eigenvalue weighted by molar-refractivity contribution is 0.678. The van der Waals surface area contributed by atoms with Gasteiger partial charge in [-0.2, -0.15) is 0 Å². The molecule has 18 heavy (non-hydrogen) atoms. The molecule has 2 aromatic rings. The smallest absolute Gasteiger partial charge is 0.0975 e. The first kappa shape index (κ1) is 13.2. The second kappa shape index (κ2) is 6.61. The van der Waals surface area contributed by atoms with Gasteiger partial charge in [-0.1, -0.05) is 6.92 Å². The standard InChI is InChI=1S/C14H19N3S/c1-3-6-16-10-13-11(2)17-14(18-13)9-12-4-7-15-8-5-12/h4-5,7-8,16H,3,6,9-10H2,1-2H3.